The van der Waals surface area contributed by atoms with Crippen LogP contribution < -0.4 is 14.8 Å². The topological polar surface area (TPSA) is 84.5 Å². The monoisotopic (exact) mass is 428 g/mol. The summed E-state index contributed by atoms with van der Waals surface area (Å²) in [7, 11) is -3.92. The second kappa shape index (κ2) is 8.96. The van der Waals surface area contributed by atoms with Crippen molar-refractivity contribution < 1.29 is 22.3 Å². The highest BCUT2D eigenvalue weighted by atomic mass is 32.2. The Balaban J connectivity index is 1.83. The molecule has 1 amide bonds. The van der Waals surface area contributed by atoms with Crippen LogP contribution in [0.5, 0.6) is 5.75 Å². The van der Waals surface area contributed by atoms with E-state index >= 15 is 0 Å². The van der Waals surface area contributed by atoms with E-state index in [1.54, 1.807) is 49.4 Å². The standard InChI is InChI=1S/C22H21FN2O4S/c1-3-29-18-12-10-16(11-13-18)25-30(27,28)21-14-17(9-8-15(21)2)24-22(26)19-6-4-5-7-20(19)23/h4-14,25H,3H2,1-2H3,(H,24,26). The van der Waals surface area contributed by atoms with Gasteiger partial charge in [0, 0.05) is 11.4 Å². The van der Waals surface area contributed by atoms with Gasteiger partial charge in [0.05, 0.1) is 17.1 Å². The van der Waals surface area contributed by atoms with Crippen LogP contribution >= 0.6 is 0 Å². The fourth-order valence-electron chi connectivity index (χ4n) is 2.81. The number of carbonyl (C=O) groups is 1. The van der Waals surface area contributed by atoms with Crippen LogP contribution in [0.25, 0.3) is 0 Å². The fraction of sp³-hybridized carbons (Fsp3) is 0.136. The molecule has 8 heteroatoms. The SMILES string of the molecule is CCOc1ccc(NS(=O)(=O)c2cc(NC(=O)c3ccccc3F)ccc2C)cc1. The van der Waals surface area contributed by atoms with Crippen molar-refractivity contribution in [2.75, 3.05) is 16.6 Å². The van der Waals surface area contributed by atoms with Crippen molar-refractivity contribution in [2.45, 2.75) is 18.7 Å². The van der Waals surface area contributed by atoms with Gasteiger partial charge in [-0.2, -0.15) is 0 Å². The first-order valence-corrected chi connectivity index (χ1v) is 10.7. The predicted molar refractivity (Wildman–Crippen MR) is 114 cm³/mol. The minimum atomic E-state index is -3.92. The number of amides is 1. The Bertz CT molecular complexity index is 1160. The number of hydrogen-bond acceptors (Lipinski definition) is 4. The number of sulfonamides is 1. The molecule has 3 aromatic carbocycles. The molecular weight excluding hydrogens is 407 g/mol. The second-order valence-electron chi connectivity index (χ2n) is 6.48. The molecule has 0 spiro atoms. The molecule has 3 aromatic rings. The van der Waals surface area contributed by atoms with E-state index in [-0.39, 0.29) is 16.1 Å². The summed E-state index contributed by atoms with van der Waals surface area (Å²) >= 11 is 0. The summed E-state index contributed by atoms with van der Waals surface area (Å²) in [6.45, 7) is 4.02. The number of rotatable bonds is 7. The van der Waals surface area contributed by atoms with Gasteiger partial charge in [-0.25, -0.2) is 12.8 Å². The number of ether oxygens (including phenoxy) is 1. The van der Waals surface area contributed by atoms with Gasteiger partial charge in [-0.3, -0.25) is 9.52 Å². The highest BCUT2D eigenvalue weighted by molar-refractivity contribution is 7.92. The van der Waals surface area contributed by atoms with E-state index in [1.807, 2.05) is 6.92 Å². The molecule has 0 aliphatic heterocycles. The number of nitrogens with one attached hydrogen (secondary N) is 2. The molecular formula is C22H21FN2O4S. The highest BCUT2D eigenvalue weighted by Crippen LogP contribution is 2.24. The summed E-state index contributed by atoms with van der Waals surface area (Å²) in [4.78, 5) is 12.3. The third-order valence-electron chi connectivity index (χ3n) is 4.27. The molecule has 0 bridgehead atoms. The maximum Gasteiger partial charge on any atom is 0.262 e. The van der Waals surface area contributed by atoms with Gasteiger partial charge in [0.25, 0.3) is 15.9 Å². The predicted octanol–water partition coefficient (Wildman–Crippen LogP) is 4.59. The molecule has 6 nitrogen and oxygen atoms in total. The molecule has 0 saturated carbocycles. The maximum atomic E-state index is 13.8. The van der Waals surface area contributed by atoms with E-state index in [9.17, 15) is 17.6 Å². The lowest BCUT2D eigenvalue weighted by atomic mass is 10.2. The molecule has 0 aliphatic rings. The van der Waals surface area contributed by atoms with Crippen LogP contribution in [0.15, 0.2) is 71.6 Å². The van der Waals surface area contributed by atoms with Crippen molar-refractivity contribution >= 4 is 27.3 Å². The molecule has 0 heterocycles. The van der Waals surface area contributed by atoms with Gasteiger partial charge in [-0.05, 0) is 67.9 Å². The average molecular weight is 428 g/mol. The Morgan fingerprint density at radius 3 is 2.33 bits per heavy atom. The van der Waals surface area contributed by atoms with Gasteiger partial charge < -0.3 is 10.1 Å². The Kier molecular flexibility index (Phi) is 6.37. The van der Waals surface area contributed by atoms with Crippen molar-refractivity contribution in [3.8, 4) is 5.75 Å². The van der Waals surface area contributed by atoms with Crippen LogP contribution in [-0.4, -0.2) is 20.9 Å². The van der Waals surface area contributed by atoms with Crippen LogP contribution in [0, 0.1) is 12.7 Å². The third-order valence-corrected chi connectivity index (χ3v) is 5.79. The first-order valence-electron chi connectivity index (χ1n) is 9.22. The van der Waals surface area contributed by atoms with Gasteiger partial charge >= 0.3 is 0 Å². The smallest absolute Gasteiger partial charge is 0.262 e. The largest absolute Gasteiger partial charge is 0.494 e. The van der Waals surface area contributed by atoms with Crippen molar-refractivity contribution in [2.24, 2.45) is 0 Å². The lowest BCUT2D eigenvalue weighted by molar-refractivity contribution is 0.102. The summed E-state index contributed by atoms with van der Waals surface area (Å²) in [5.74, 6) is -0.693. The molecule has 0 saturated heterocycles. The zero-order chi connectivity index (χ0) is 21.7. The minimum absolute atomic E-state index is 0.00252. The normalized spacial score (nSPS) is 11.0. The summed E-state index contributed by atoms with van der Waals surface area (Å²) in [5.41, 5.74) is 0.979. The Morgan fingerprint density at radius 2 is 1.67 bits per heavy atom. The van der Waals surface area contributed by atoms with Gasteiger partial charge in [-0.15, -0.1) is 0 Å². The third kappa shape index (κ3) is 4.96. The molecule has 0 atom stereocenters. The van der Waals surface area contributed by atoms with E-state index in [0.29, 0.717) is 23.6 Å². The Labute approximate surface area is 174 Å². The fourth-order valence-corrected chi connectivity index (χ4v) is 4.14. The van der Waals surface area contributed by atoms with Gasteiger partial charge in [0.2, 0.25) is 0 Å². The molecule has 0 fully saturated rings. The molecule has 30 heavy (non-hydrogen) atoms. The van der Waals surface area contributed by atoms with Crippen molar-refractivity contribution in [1.29, 1.82) is 0 Å². The molecule has 0 unspecified atom stereocenters. The summed E-state index contributed by atoms with van der Waals surface area (Å²) in [6, 6.07) is 16.6. The van der Waals surface area contributed by atoms with Gasteiger partial charge in [0.15, 0.2) is 0 Å². The summed E-state index contributed by atoms with van der Waals surface area (Å²) in [5, 5.41) is 2.54. The average Bonchev–Trinajstić information content (AvgIpc) is 2.71. The van der Waals surface area contributed by atoms with Crippen LogP contribution in [0.2, 0.25) is 0 Å². The van der Waals surface area contributed by atoms with Crippen LogP contribution in [0.4, 0.5) is 15.8 Å². The number of halogens is 1. The number of benzene rings is 3. The molecule has 2 N–H and O–H groups in total. The summed E-state index contributed by atoms with van der Waals surface area (Å²) in [6.07, 6.45) is 0. The number of anilines is 2. The lowest BCUT2D eigenvalue weighted by Crippen LogP contribution is -2.17. The van der Waals surface area contributed by atoms with Crippen molar-refractivity contribution in [3.05, 3.63) is 83.7 Å². The van der Waals surface area contributed by atoms with E-state index < -0.39 is 21.7 Å². The molecule has 3 rings (SSSR count). The zero-order valence-corrected chi connectivity index (χ0v) is 17.3. The lowest BCUT2D eigenvalue weighted by Gasteiger charge is -2.13. The first kappa shape index (κ1) is 21.3. The van der Waals surface area contributed by atoms with Crippen LogP contribution in [0.3, 0.4) is 0 Å². The minimum Gasteiger partial charge on any atom is -0.494 e. The Morgan fingerprint density at radius 1 is 1.00 bits per heavy atom. The van der Waals surface area contributed by atoms with Crippen LogP contribution in [-0.2, 0) is 10.0 Å². The van der Waals surface area contributed by atoms with Crippen LogP contribution in [0.1, 0.15) is 22.8 Å². The molecule has 0 aromatic heterocycles. The highest BCUT2D eigenvalue weighted by Gasteiger charge is 2.19. The maximum absolute atomic E-state index is 13.8. The zero-order valence-electron chi connectivity index (χ0n) is 16.5. The second-order valence-corrected chi connectivity index (χ2v) is 8.13. The Hall–Kier alpha value is -3.39. The number of hydrogen-bond donors (Lipinski definition) is 2. The van der Waals surface area contributed by atoms with E-state index in [1.165, 1.54) is 24.3 Å². The quantitative estimate of drug-likeness (QED) is 0.577. The van der Waals surface area contributed by atoms with Gasteiger partial charge in [-0.1, -0.05) is 18.2 Å². The number of carbonyl (C=O) groups excluding carboxylic acids is 1. The van der Waals surface area contributed by atoms with Crippen molar-refractivity contribution in [1.82, 2.24) is 0 Å². The molecule has 0 radical (unpaired) electrons. The van der Waals surface area contributed by atoms with Gasteiger partial charge in [0.1, 0.15) is 11.6 Å². The first-order chi connectivity index (χ1) is 14.3. The van der Waals surface area contributed by atoms with Crippen molar-refractivity contribution in [3.63, 3.8) is 0 Å². The van der Waals surface area contributed by atoms with E-state index in [2.05, 4.69) is 10.0 Å². The summed E-state index contributed by atoms with van der Waals surface area (Å²) < 4.78 is 47.4. The number of aryl methyl sites for hydroxylation is 1. The molecule has 156 valence electrons. The molecule has 0 aliphatic carbocycles. The van der Waals surface area contributed by atoms with E-state index in [4.69, 9.17) is 4.74 Å². The van der Waals surface area contributed by atoms with E-state index in [0.717, 1.165) is 0 Å².